The van der Waals surface area contributed by atoms with Crippen LogP contribution in [0.5, 0.6) is 0 Å². The molecule has 12 nitrogen and oxygen atoms in total. The average molecular weight is 495 g/mol. The number of aryl methyl sites for hydroxylation is 3. The molecule has 2 atom stereocenters. The van der Waals surface area contributed by atoms with Crippen LogP contribution in [0.25, 0.3) is 0 Å². The van der Waals surface area contributed by atoms with Crippen molar-refractivity contribution >= 4 is 27.8 Å². The first-order chi connectivity index (χ1) is 16.0. The summed E-state index contributed by atoms with van der Waals surface area (Å²) in [5.41, 5.74) is 2.09. The molecule has 0 saturated carbocycles. The minimum Gasteiger partial charge on any atom is -0.478 e. The minimum atomic E-state index is -4.33. The Hall–Kier alpha value is -3.00. The van der Waals surface area contributed by atoms with Gasteiger partial charge in [-0.25, -0.2) is 23.7 Å². The van der Waals surface area contributed by atoms with Crippen LogP contribution in [0, 0.1) is 20.8 Å². The number of rotatable bonds is 11. The fraction of sp³-hybridized carbons (Fsp3) is 0.476. The third kappa shape index (κ3) is 5.91. The molecule has 3 rings (SSSR count). The van der Waals surface area contributed by atoms with Gasteiger partial charge in [-0.1, -0.05) is 17.7 Å². The van der Waals surface area contributed by atoms with Crippen molar-refractivity contribution in [3.05, 3.63) is 41.2 Å². The maximum Gasteiger partial charge on any atom is 0.345 e. The molecule has 2 unspecified atom stereocenters. The van der Waals surface area contributed by atoms with Crippen LogP contribution in [0.15, 0.2) is 29.4 Å². The molecular formula is C21H30N6O6S. The fourth-order valence-electron chi connectivity index (χ4n) is 4.02. The van der Waals surface area contributed by atoms with Gasteiger partial charge in [-0.15, -0.1) is 0 Å². The first-order valence-corrected chi connectivity index (χ1v) is 12.3. The summed E-state index contributed by atoms with van der Waals surface area (Å²) in [7, 11) is -4.33. The predicted molar refractivity (Wildman–Crippen MR) is 123 cm³/mol. The molecule has 2 aromatic rings. The molecule has 34 heavy (non-hydrogen) atoms. The summed E-state index contributed by atoms with van der Waals surface area (Å²) < 4.78 is 29.1. The molecule has 1 fully saturated rings. The van der Waals surface area contributed by atoms with Crippen molar-refractivity contribution in [3.8, 4) is 0 Å². The Morgan fingerprint density at radius 2 is 1.97 bits per heavy atom. The number of H-pyrrole nitrogens is 1. The third-order valence-corrected chi connectivity index (χ3v) is 7.23. The lowest BCUT2D eigenvalue weighted by atomic mass is 10.0. The largest absolute Gasteiger partial charge is 0.478 e. The summed E-state index contributed by atoms with van der Waals surface area (Å²) in [6.45, 7) is 5.82. The maximum atomic E-state index is 13.4. The van der Waals surface area contributed by atoms with E-state index in [2.05, 4.69) is 30.8 Å². The van der Waals surface area contributed by atoms with Crippen LogP contribution < -0.4 is 20.8 Å². The first kappa shape index (κ1) is 25.6. The smallest absolute Gasteiger partial charge is 0.345 e. The van der Waals surface area contributed by atoms with Crippen LogP contribution in [0.4, 0.5) is 5.95 Å². The number of amides is 1. The number of anilines is 1. The van der Waals surface area contributed by atoms with E-state index in [-0.39, 0.29) is 24.3 Å². The monoisotopic (exact) mass is 494 g/mol. The van der Waals surface area contributed by atoms with Crippen molar-refractivity contribution in [2.75, 3.05) is 18.4 Å². The number of nitrogens with zero attached hydrogens (tertiary/aromatic N) is 1. The van der Waals surface area contributed by atoms with Gasteiger partial charge in [0.15, 0.2) is 12.1 Å². The predicted octanol–water partition coefficient (Wildman–Crippen LogP) is 0.696. The molecule has 6 N–H and O–H groups in total. The Labute approximate surface area is 197 Å². The number of aromatic nitrogens is 2. The van der Waals surface area contributed by atoms with Crippen molar-refractivity contribution in [3.63, 3.8) is 0 Å². The molecule has 0 spiro atoms. The van der Waals surface area contributed by atoms with E-state index in [1.807, 2.05) is 6.92 Å². The van der Waals surface area contributed by atoms with Gasteiger partial charge in [0, 0.05) is 25.5 Å². The van der Waals surface area contributed by atoms with Crippen molar-refractivity contribution in [2.24, 2.45) is 0 Å². The van der Waals surface area contributed by atoms with E-state index in [1.54, 1.807) is 38.4 Å². The minimum absolute atomic E-state index is 0.0227. The zero-order valence-electron chi connectivity index (χ0n) is 19.3. The Balaban J connectivity index is 1.89. The zero-order valence-corrected chi connectivity index (χ0v) is 20.1. The number of carboxylic acid groups (broad SMARTS) is 1. The lowest BCUT2D eigenvalue weighted by Gasteiger charge is -2.32. The lowest BCUT2D eigenvalue weighted by Crippen LogP contribution is -2.66. The highest BCUT2D eigenvalue weighted by Gasteiger charge is 2.45. The highest BCUT2D eigenvalue weighted by atomic mass is 32.2. The van der Waals surface area contributed by atoms with Crippen LogP contribution in [0.3, 0.4) is 0 Å². The van der Waals surface area contributed by atoms with E-state index in [0.29, 0.717) is 30.0 Å². The van der Waals surface area contributed by atoms with Crippen LogP contribution >= 0.6 is 0 Å². The Morgan fingerprint density at radius 1 is 1.26 bits per heavy atom. The van der Waals surface area contributed by atoms with Gasteiger partial charge in [0.2, 0.25) is 15.7 Å². The zero-order chi connectivity index (χ0) is 24.9. The van der Waals surface area contributed by atoms with E-state index in [0.717, 1.165) is 5.56 Å². The molecule has 1 aromatic heterocycles. The van der Waals surface area contributed by atoms with Gasteiger partial charge < -0.3 is 20.7 Å². The maximum absolute atomic E-state index is 13.4. The number of carboxylic acids is 1. The van der Waals surface area contributed by atoms with Crippen molar-refractivity contribution in [1.29, 1.82) is 0 Å². The van der Waals surface area contributed by atoms with Crippen LogP contribution in [-0.2, 0) is 24.4 Å². The second-order valence-electron chi connectivity index (χ2n) is 8.29. The number of aromatic amines is 1. The number of sulfonamides is 1. The second-order valence-corrected chi connectivity index (χ2v) is 9.91. The van der Waals surface area contributed by atoms with Crippen molar-refractivity contribution < 1.29 is 28.0 Å². The van der Waals surface area contributed by atoms with Gasteiger partial charge in [-0.2, -0.15) is 4.72 Å². The van der Waals surface area contributed by atoms with E-state index in [4.69, 9.17) is 4.84 Å². The van der Waals surface area contributed by atoms with E-state index < -0.39 is 33.7 Å². The molecule has 13 heteroatoms. The molecule has 1 aromatic carbocycles. The molecule has 1 saturated heterocycles. The lowest BCUT2D eigenvalue weighted by molar-refractivity contribution is -0.151. The van der Waals surface area contributed by atoms with Crippen LogP contribution in [-0.4, -0.2) is 60.2 Å². The molecule has 1 amide bonds. The molecule has 0 radical (unpaired) electrons. The average Bonchev–Trinajstić information content (AvgIpc) is 3.43. The number of benzene rings is 1. The Kier molecular flexibility index (Phi) is 7.92. The van der Waals surface area contributed by atoms with Crippen LogP contribution in [0.2, 0.25) is 0 Å². The molecule has 186 valence electrons. The summed E-state index contributed by atoms with van der Waals surface area (Å²) in [4.78, 5) is 37.3. The normalized spacial score (nSPS) is 17.8. The highest BCUT2D eigenvalue weighted by Crippen LogP contribution is 2.24. The number of imidazole rings is 1. The number of aliphatic carboxylic acids is 1. The fourth-order valence-corrected chi connectivity index (χ4v) is 5.79. The summed E-state index contributed by atoms with van der Waals surface area (Å²) >= 11 is 0. The highest BCUT2D eigenvalue weighted by molar-refractivity contribution is 7.89. The number of hydrogen-bond donors (Lipinski definition) is 6. The Bertz CT molecular complexity index is 1110. The quantitative estimate of drug-likeness (QED) is 0.194. The summed E-state index contributed by atoms with van der Waals surface area (Å²) in [6.07, 6.45) is 2.54. The second kappa shape index (κ2) is 10.5. The topological polar surface area (TPSA) is 175 Å². The number of nitrogens with one attached hydrogen (secondary N) is 5. The number of hydrogen-bond acceptors (Lipinski definition) is 8. The van der Waals surface area contributed by atoms with E-state index >= 15 is 0 Å². The molecule has 1 aliphatic rings. The van der Waals surface area contributed by atoms with Gasteiger partial charge in [0.25, 0.3) is 5.91 Å². The molecule has 0 bridgehead atoms. The van der Waals surface area contributed by atoms with E-state index in [1.165, 1.54) is 0 Å². The van der Waals surface area contributed by atoms with Gasteiger partial charge in [0.1, 0.15) is 0 Å². The molecular weight excluding hydrogens is 464 g/mol. The molecule has 2 heterocycles. The summed E-state index contributed by atoms with van der Waals surface area (Å²) in [5.74, 6) is -1.77. The number of carbonyl (C=O) groups excluding carboxylic acids is 1. The number of carbonyl (C=O) groups is 2. The van der Waals surface area contributed by atoms with Crippen molar-refractivity contribution in [1.82, 2.24) is 25.5 Å². The van der Waals surface area contributed by atoms with Gasteiger partial charge in [-0.05, 0) is 51.2 Å². The number of hydroxylamine groups is 1. The SMILES string of the molecule is Cc1cc(C)c(S(=O)(=O)NC(CCCNc2ncc[nH]2)(NC(=O)C2CCNO2)C(=O)O)c(C)c1. The van der Waals surface area contributed by atoms with E-state index in [9.17, 15) is 23.1 Å². The molecule has 1 aliphatic heterocycles. The Morgan fingerprint density at radius 3 is 2.53 bits per heavy atom. The summed E-state index contributed by atoms with van der Waals surface area (Å²) in [6, 6.07) is 3.40. The van der Waals surface area contributed by atoms with Gasteiger partial charge in [0.05, 0.1) is 4.90 Å². The van der Waals surface area contributed by atoms with Crippen LogP contribution in [0.1, 0.15) is 36.0 Å². The first-order valence-electron chi connectivity index (χ1n) is 10.8. The molecule has 0 aliphatic carbocycles. The summed E-state index contributed by atoms with van der Waals surface area (Å²) in [5, 5.41) is 15.5. The third-order valence-electron chi connectivity index (χ3n) is 5.43. The van der Waals surface area contributed by atoms with Gasteiger partial charge in [-0.3, -0.25) is 9.63 Å². The standard InChI is InChI=1S/C21H30N6O6S/c1-13-11-14(2)17(15(3)12-13)34(31,32)27-21(19(29)30,26-18(28)16-5-8-25-33-16)6-4-7-22-20-23-9-10-24-20/h9-12,16,25,27H,4-8H2,1-3H3,(H,26,28)(H,29,30)(H2,22,23,24). The van der Waals surface area contributed by atoms with Crippen molar-refractivity contribution in [2.45, 2.75) is 56.7 Å². The van der Waals surface area contributed by atoms with Gasteiger partial charge >= 0.3 is 5.97 Å².